The molecule has 5 aromatic rings. The summed E-state index contributed by atoms with van der Waals surface area (Å²) in [6, 6.07) is 19.9. The zero-order valence-electron chi connectivity index (χ0n) is 23.4. The summed E-state index contributed by atoms with van der Waals surface area (Å²) < 4.78 is 14.6. The summed E-state index contributed by atoms with van der Waals surface area (Å²) in [6.45, 7) is 1.03. The Bertz CT molecular complexity index is 1690. The largest absolute Gasteiger partial charge is 0.497 e. The molecule has 0 bridgehead atoms. The maximum absolute atomic E-state index is 12.8. The first kappa shape index (κ1) is 29.8. The Morgan fingerprint density at radius 3 is 2.33 bits per heavy atom. The van der Waals surface area contributed by atoms with Gasteiger partial charge in [0.1, 0.15) is 28.9 Å². The molecule has 0 spiro atoms. The van der Waals surface area contributed by atoms with E-state index in [1.165, 1.54) is 0 Å². The Morgan fingerprint density at radius 1 is 0.930 bits per heavy atom. The maximum Gasteiger partial charge on any atom is 0.405 e. The van der Waals surface area contributed by atoms with Gasteiger partial charge in [0, 0.05) is 47.9 Å². The van der Waals surface area contributed by atoms with Crippen LogP contribution in [0.25, 0.3) is 11.0 Å². The van der Waals surface area contributed by atoms with E-state index in [1.54, 1.807) is 25.7 Å². The van der Waals surface area contributed by atoms with Gasteiger partial charge in [0.15, 0.2) is 0 Å². The van der Waals surface area contributed by atoms with Crippen molar-refractivity contribution in [3.05, 3.63) is 112 Å². The molecule has 0 aliphatic rings. The van der Waals surface area contributed by atoms with Crippen molar-refractivity contribution in [2.75, 3.05) is 13.7 Å². The Kier molecular flexibility index (Phi) is 9.72. The molecule has 5 rings (SSSR count). The number of hydrogen-bond acceptors (Lipinski definition) is 6. The third-order valence-corrected chi connectivity index (χ3v) is 7.67. The molecule has 0 saturated heterocycles. The van der Waals surface area contributed by atoms with E-state index >= 15 is 0 Å². The molecule has 0 saturated carbocycles. The number of methoxy groups -OCH3 is 1. The monoisotopic (exact) mass is 691 g/mol. The van der Waals surface area contributed by atoms with E-state index in [4.69, 9.17) is 9.47 Å². The van der Waals surface area contributed by atoms with E-state index in [1.807, 2.05) is 66.7 Å². The molecule has 3 aromatic heterocycles. The predicted molar refractivity (Wildman–Crippen MR) is 171 cm³/mol. The van der Waals surface area contributed by atoms with Crippen molar-refractivity contribution < 1.29 is 24.2 Å². The molecule has 2 amide bonds. The third kappa shape index (κ3) is 7.80. The minimum absolute atomic E-state index is 0.194. The van der Waals surface area contributed by atoms with Gasteiger partial charge in [-0.1, -0.05) is 24.3 Å². The number of benzene rings is 2. The zero-order chi connectivity index (χ0) is 30.2. The van der Waals surface area contributed by atoms with Crippen LogP contribution in [0.4, 0.5) is 4.79 Å². The number of aromatic nitrogens is 3. The number of carbonyl (C=O) groups excluding carboxylic acids is 1. The second-order valence-corrected chi connectivity index (χ2v) is 11.0. The van der Waals surface area contributed by atoms with Crippen LogP contribution in [-0.2, 0) is 24.2 Å². The minimum atomic E-state index is -1.26. The number of amides is 2. The number of nitrogens with zero attached hydrogens (tertiary/aromatic N) is 3. The van der Waals surface area contributed by atoms with Crippen molar-refractivity contribution in [1.82, 2.24) is 25.2 Å². The smallest absolute Gasteiger partial charge is 0.405 e. The van der Waals surface area contributed by atoms with Crippen molar-refractivity contribution in [2.24, 2.45) is 0 Å². The highest BCUT2D eigenvalue weighted by molar-refractivity contribution is 14.1. The average Bonchev–Trinajstić information content (AvgIpc) is 3.34. The van der Waals surface area contributed by atoms with Crippen LogP contribution in [0, 0.1) is 3.57 Å². The van der Waals surface area contributed by atoms with Crippen LogP contribution in [0.5, 0.6) is 17.2 Å². The van der Waals surface area contributed by atoms with E-state index in [2.05, 4.69) is 54.0 Å². The number of carboxylic acid groups (broad SMARTS) is 1. The van der Waals surface area contributed by atoms with E-state index in [0.29, 0.717) is 31.0 Å². The number of fused-ring (bicyclic) bond motifs is 1. The fourth-order valence-corrected chi connectivity index (χ4v) is 5.53. The van der Waals surface area contributed by atoms with Gasteiger partial charge in [0.2, 0.25) is 5.91 Å². The maximum atomic E-state index is 12.8. The number of carbonyl (C=O) groups is 2. The third-order valence-electron chi connectivity index (χ3n) is 6.85. The van der Waals surface area contributed by atoms with Gasteiger partial charge in [-0.05, 0) is 88.2 Å². The Morgan fingerprint density at radius 2 is 1.63 bits per heavy atom. The van der Waals surface area contributed by atoms with E-state index in [-0.39, 0.29) is 12.3 Å². The zero-order valence-corrected chi connectivity index (χ0v) is 25.5. The number of nitrogens with one attached hydrogen (secondary N) is 2. The Hall–Kier alpha value is -4.65. The molecule has 3 N–H and O–H groups in total. The molecule has 0 radical (unpaired) electrons. The number of rotatable bonds is 12. The summed E-state index contributed by atoms with van der Waals surface area (Å²) in [7, 11) is 1.65. The molecule has 0 fully saturated rings. The number of halogens is 1. The summed E-state index contributed by atoms with van der Waals surface area (Å²) >= 11 is 2.29. The van der Waals surface area contributed by atoms with Crippen LogP contribution < -0.4 is 20.1 Å². The highest BCUT2D eigenvalue weighted by Gasteiger charge is 2.21. The van der Waals surface area contributed by atoms with Gasteiger partial charge in [-0.3, -0.25) is 9.78 Å². The van der Waals surface area contributed by atoms with Crippen LogP contribution in [-0.4, -0.2) is 51.3 Å². The summed E-state index contributed by atoms with van der Waals surface area (Å²) in [5, 5.41) is 15.4. The number of hydrogen-bond donors (Lipinski definition) is 3. The fourth-order valence-electron chi connectivity index (χ4n) is 4.69. The molecular formula is C32H30IN5O5. The van der Waals surface area contributed by atoms with E-state index in [0.717, 1.165) is 37.0 Å². The lowest BCUT2D eigenvalue weighted by atomic mass is 10.0. The molecule has 1 unspecified atom stereocenters. The molecule has 11 heteroatoms. The standard InChI is InChI=1S/C32H30IN5O5/c1-42-24-6-4-23(5-7-24)19-38-20-26(33)29-28(13-17-35-30(29)38)43-25-8-2-22(3-9-25)18-27(37-32(40)41)31(39)36-16-12-21-10-14-34-15-11-21/h2-11,13-15,17,20,27,37H,12,16,18-19H2,1H3,(H,36,39)(H,40,41). The molecule has 1 atom stereocenters. The summed E-state index contributed by atoms with van der Waals surface area (Å²) in [5.74, 6) is 1.71. The topological polar surface area (TPSA) is 128 Å². The molecule has 0 aliphatic carbocycles. The quantitative estimate of drug-likeness (QED) is 0.149. The van der Waals surface area contributed by atoms with Gasteiger partial charge in [-0.25, -0.2) is 9.78 Å². The van der Waals surface area contributed by atoms with Crippen LogP contribution in [0.2, 0.25) is 0 Å². The molecule has 43 heavy (non-hydrogen) atoms. The fraction of sp³-hybridized carbons (Fsp3) is 0.188. The molecule has 3 heterocycles. The van der Waals surface area contributed by atoms with Gasteiger partial charge in [0.05, 0.1) is 12.5 Å². The van der Waals surface area contributed by atoms with Gasteiger partial charge in [0.25, 0.3) is 0 Å². The first-order chi connectivity index (χ1) is 20.9. The molecule has 10 nitrogen and oxygen atoms in total. The van der Waals surface area contributed by atoms with Gasteiger partial charge >= 0.3 is 6.09 Å². The lowest BCUT2D eigenvalue weighted by Gasteiger charge is -2.17. The summed E-state index contributed by atoms with van der Waals surface area (Å²) in [6.07, 6.45) is 6.71. The number of ether oxygens (including phenoxy) is 2. The van der Waals surface area contributed by atoms with Crippen LogP contribution in [0.1, 0.15) is 16.7 Å². The molecule has 2 aromatic carbocycles. The number of pyridine rings is 2. The molecule has 0 aliphatic heterocycles. The average molecular weight is 692 g/mol. The minimum Gasteiger partial charge on any atom is -0.497 e. The first-order valence-corrected chi connectivity index (χ1v) is 14.7. The van der Waals surface area contributed by atoms with Crippen LogP contribution in [0.3, 0.4) is 0 Å². The lowest BCUT2D eigenvalue weighted by Crippen LogP contribution is -2.48. The van der Waals surface area contributed by atoms with E-state index in [9.17, 15) is 14.7 Å². The van der Waals surface area contributed by atoms with Gasteiger partial charge in [-0.2, -0.15) is 0 Å². The highest BCUT2D eigenvalue weighted by Crippen LogP contribution is 2.34. The van der Waals surface area contributed by atoms with Crippen molar-refractivity contribution in [3.8, 4) is 17.2 Å². The van der Waals surface area contributed by atoms with E-state index < -0.39 is 12.1 Å². The van der Waals surface area contributed by atoms with Gasteiger partial charge < -0.3 is 29.8 Å². The second-order valence-electron chi connectivity index (χ2n) is 9.81. The van der Waals surface area contributed by atoms with Gasteiger partial charge in [-0.15, -0.1) is 0 Å². The SMILES string of the molecule is COc1ccc(Cn2cc(I)c3c(Oc4ccc(CC(NC(=O)O)C(=O)NCCc5ccncc5)cc4)ccnc32)cc1. The lowest BCUT2D eigenvalue weighted by molar-refractivity contribution is -0.123. The van der Waals surface area contributed by atoms with Crippen LogP contribution >= 0.6 is 22.6 Å². The van der Waals surface area contributed by atoms with Crippen LogP contribution in [0.15, 0.2) is 91.5 Å². The Balaban J connectivity index is 1.25. The Labute approximate surface area is 262 Å². The summed E-state index contributed by atoms with van der Waals surface area (Å²) in [4.78, 5) is 32.8. The van der Waals surface area contributed by atoms with Crippen molar-refractivity contribution >= 4 is 45.6 Å². The highest BCUT2D eigenvalue weighted by atomic mass is 127. The predicted octanol–water partition coefficient (Wildman–Crippen LogP) is 5.42. The summed E-state index contributed by atoms with van der Waals surface area (Å²) in [5.41, 5.74) is 3.75. The first-order valence-electron chi connectivity index (χ1n) is 13.6. The normalized spacial score (nSPS) is 11.6. The van der Waals surface area contributed by atoms with Crippen molar-refractivity contribution in [3.63, 3.8) is 0 Å². The van der Waals surface area contributed by atoms with Crippen molar-refractivity contribution in [1.29, 1.82) is 0 Å². The van der Waals surface area contributed by atoms with Crippen molar-refractivity contribution in [2.45, 2.75) is 25.4 Å². The molecular weight excluding hydrogens is 661 g/mol. The molecule has 220 valence electrons. The second kappa shape index (κ2) is 14.0.